The number of nitrogens with zero attached hydrogens (tertiary/aromatic N) is 1. The van der Waals surface area contributed by atoms with E-state index in [4.69, 9.17) is 9.47 Å². The average molecular weight is 383 g/mol. The van der Waals surface area contributed by atoms with E-state index in [1.54, 1.807) is 32.4 Å². The molecule has 0 saturated heterocycles. The maximum atomic E-state index is 13.2. The van der Waals surface area contributed by atoms with Gasteiger partial charge in [0.2, 0.25) is 0 Å². The molecular weight excluding hydrogens is 361 g/mol. The smallest absolute Gasteiger partial charge is 0.255 e. The minimum atomic E-state index is -0.395. The number of halogens is 1. The predicted octanol–water partition coefficient (Wildman–Crippen LogP) is 4.44. The number of aromatic nitrogens is 2. The van der Waals surface area contributed by atoms with Crippen molar-refractivity contribution < 1.29 is 18.7 Å². The van der Waals surface area contributed by atoms with Crippen molar-refractivity contribution in [3.8, 4) is 22.8 Å². The fourth-order valence-corrected chi connectivity index (χ4v) is 2.92. The fourth-order valence-electron chi connectivity index (χ4n) is 2.92. The lowest BCUT2D eigenvalue weighted by Gasteiger charge is -2.12. The summed E-state index contributed by atoms with van der Waals surface area (Å²) < 4.78 is 23.9. The molecule has 0 aliphatic heterocycles. The number of carbonyl (C=O) groups excluding carboxylic acids is 1. The summed E-state index contributed by atoms with van der Waals surface area (Å²) in [4.78, 5) is 12.7. The molecule has 3 rings (SSSR count). The van der Waals surface area contributed by atoms with Gasteiger partial charge in [0.1, 0.15) is 23.0 Å². The molecule has 0 fully saturated rings. The van der Waals surface area contributed by atoms with Crippen molar-refractivity contribution in [1.82, 2.24) is 10.2 Å². The SMILES string of the molecule is CCCc1[nH]nc(-c2cc(OC)ccc2OC)c1NC(=O)c1ccc(F)cc1. The lowest BCUT2D eigenvalue weighted by molar-refractivity contribution is 0.102. The average Bonchev–Trinajstić information content (AvgIpc) is 3.10. The van der Waals surface area contributed by atoms with Crippen molar-refractivity contribution in [2.75, 3.05) is 19.5 Å². The maximum absolute atomic E-state index is 13.2. The second-order valence-electron chi connectivity index (χ2n) is 6.20. The van der Waals surface area contributed by atoms with Crippen LogP contribution in [0.25, 0.3) is 11.3 Å². The highest BCUT2D eigenvalue weighted by Crippen LogP contribution is 2.38. The van der Waals surface area contributed by atoms with E-state index in [2.05, 4.69) is 15.5 Å². The number of hydrogen-bond donors (Lipinski definition) is 2. The Labute approximate surface area is 162 Å². The van der Waals surface area contributed by atoms with E-state index in [1.165, 1.54) is 24.3 Å². The van der Waals surface area contributed by atoms with Crippen molar-refractivity contribution >= 4 is 11.6 Å². The quantitative estimate of drug-likeness (QED) is 0.632. The number of rotatable bonds is 7. The van der Waals surface area contributed by atoms with Crippen LogP contribution in [-0.2, 0) is 6.42 Å². The highest BCUT2D eigenvalue weighted by Gasteiger charge is 2.21. The summed E-state index contributed by atoms with van der Waals surface area (Å²) in [6, 6.07) is 10.8. The van der Waals surface area contributed by atoms with Crippen molar-refractivity contribution in [3.63, 3.8) is 0 Å². The molecule has 1 aromatic heterocycles. The standard InChI is InChI=1S/C21H22FN3O3/c1-4-5-17-20(23-21(26)13-6-8-14(22)9-7-13)19(25-24-17)16-12-15(27-2)10-11-18(16)28-3/h6-12H,4-5H2,1-3H3,(H,23,26)(H,24,25). The minimum absolute atomic E-state index is 0.345. The molecule has 0 bridgehead atoms. The molecule has 7 heteroatoms. The highest BCUT2D eigenvalue weighted by molar-refractivity contribution is 6.06. The van der Waals surface area contributed by atoms with Gasteiger partial charge in [0.25, 0.3) is 5.91 Å². The zero-order valence-electron chi connectivity index (χ0n) is 16.0. The number of methoxy groups -OCH3 is 2. The predicted molar refractivity (Wildman–Crippen MR) is 105 cm³/mol. The first-order chi connectivity index (χ1) is 13.6. The van der Waals surface area contributed by atoms with E-state index in [0.717, 1.165) is 12.1 Å². The van der Waals surface area contributed by atoms with Crippen molar-refractivity contribution in [1.29, 1.82) is 0 Å². The number of amides is 1. The zero-order chi connectivity index (χ0) is 20.1. The first-order valence-corrected chi connectivity index (χ1v) is 8.94. The van der Waals surface area contributed by atoms with Crippen molar-refractivity contribution in [2.45, 2.75) is 19.8 Å². The van der Waals surface area contributed by atoms with Crippen molar-refractivity contribution in [3.05, 3.63) is 59.5 Å². The second kappa shape index (κ2) is 8.56. The third-order valence-electron chi connectivity index (χ3n) is 4.35. The minimum Gasteiger partial charge on any atom is -0.497 e. The number of nitrogens with one attached hydrogen (secondary N) is 2. The largest absolute Gasteiger partial charge is 0.497 e. The number of anilines is 1. The Morgan fingerprint density at radius 2 is 1.89 bits per heavy atom. The van der Waals surface area contributed by atoms with Gasteiger partial charge < -0.3 is 14.8 Å². The van der Waals surface area contributed by atoms with Crippen LogP contribution in [0.4, 0.5) is 10.1 Å². The van der Waals surface area contributed by atoms with Gasteiger partial charge in [-0.25, -0.2) is 4.39 Å². The third-order valence-corrected chi connectivity index (χ3v) is 4.35. The van der Waals surface area contributed by atoms with Crippen LogP contribution < -0.4 is 14.8 Å². The summed E-state index contributed by atoms with van der Waals surface area (Å²) in [5.41, 5.74) is 2.97. The first kappa shape index (κ1) is 19.4. The summed E-state index contributed by atoms with van der Waals surface area (Å²) in [5.74, 6) is 0.509. The van der Waals surface area contributed by atoms with Crippen LogP contribution in [0.1, 0.15) is 29.4 Å². The van der Waals surface area contributed by atoms with E-state index in [1.807, 2.05) is 6.92 Å². The Morgan fingerprint density at radius 3 is 2.54 bits per heavy atom. The molecule has 0 aliphatic carbocycles. The molecule has 0 unspecified atom stereocenters. The van der Waals surface area contributed by atoms with Gasteiger partial charge in [-0.3, -0.25) is 9.89 Å². The van der Waals surface area contributed by atoms with Crippen LogP contribution >= 0.6 is 0 Å². The van der Waals surface area contributed by atoms with Gasteiger partial charge in [-0.15, -0.1) is 0 Å². The molecule has 0 aliphatic rings. The first-order valence-electron chi connectivity index (χ1n) is 8.94. The molecule has 28 heavy (non-hydrogen) atoms. The number of benzene rings is 2. The molecule has 0 spiro atoms. The third kappa shape index (κ3) is 3.98. The molecule has 0 atom stereocenters. The highest BCUT2D eigenvalue weighted by atomic mass is 19.1. The maximum Gasteiger partial charge on any atom is 0.255 e. The number of H-pyrrole nitrogens is 1. The molecule has 3 aromatic rings. The van der Waals surface area contributed by atoms with Gasteiger partial charge in [-0.2, -0.15) is 5.10 Å². The summed E-state index contributed by atoms with van der Waals surface area (Å²) in [6.07, 6.45) is 1.58. The molecule has 146 valence electrons. The Balaban J connectivity index is 2.04. The molecule has 1 amide bonds. The van der Waals surface area contributed by atoms with Gasteiger partial charge in [-0.1, -0.05) is 13.3 Å². The lowest BCUT2D eigenvalue weighted by atomic mass is 10.1. The van der Waals surface area contributed by atoms with E-state index in [9.17, 15) is 9.18 Å². The summed E-state index contributed by atoms with van der Waals surface area (Å²) in [6.45, 7) is 2.04. The Bertz CT molecular complexity index is 968. The van der Waals surface area contributed by atoms with Crippen molar-refractivity contribution in [2.24, 2.45) is 0 Å². The number of aryl methyl sites for hydroxylation is 1. The molecule has 0 radical (unpaired) electrons. The van der Waals surface area contributed by atoms with Gasteiger partial charge in [0.15, 0.2) is 0 Å². The molecule has 2 N–H and O–H groups in total. The van der Waals surface area contributed by atoms with Crippen LogP contribution in [0, 0.1) is 5.82 Å². The van der Waals surface area contributed by atoms with Crippen LogP contribution in [0.15, 0.2) is 42.5 Å². The topological polar surface area (TPSA) is 76.2 Å². The molecular formula is C21H22FN3O3. The lowest BCUT2D eigenvalue weighted by Crippen LogP contribution is -2.13. The monoisotopic (exact) mass is 383 g/mol. The van der Waals surface area contributed by atoms with E-state index < -0.39 is 5.82 Å². The van der Waals surface area contributed by atoms with Gasteiger partial charge in [-0.05, 0) is 48.9 Å². The normalized spacial score (nSPS) is 10.6. The Hall–Kier alpha value is -3.35. The van der Waals surface area contributed by atoms with Crippen LogP contribution in [0.3, 0.4) is 0 Å². The van der Waals surface area contributed by atoms with Gasteiger partial charge in [0, 0.05) is 11.1 Å². The van der Waals surface area contributed by atoms with Crippen LogP contribution in [0.5, 0.6) is 11.5 Å². The van der Waals surface area contributed by atoms with Gasteiger partial charge >= 0.3 is 0 Å². The fraction of sp³-hybridized carbons (Fsp3) is 0.238. The molecule has 0 saturated carbocycles. The molecule has 6 nitrogen and oxygen atoms in total. The number of hydrogen-bond acceptors (Lipinski definition) is 4. The van der Waals surface area contributed by atoms with E-state index in [0.29, 0.717) is 40.4 Å². The van der Waals surface area contributed by atoms with E-state index in [-0.39, 0.29) is 5.91 Å². The summed E-state index contributed by atoms with van der Waals surface area (Å²) in [7, 11) is 3.15. The second-order valence-corrected chi connectivity index (χ2v) is 6.20. The van der Waals surface area contributed by atoms with Crippen LogP contribution in [0.2, 0.25) is 0 Å². The number of aromatic amines is 1. The zero-order valence-corrected chi connectivity index (χ0v) is 16.0. The van der Waals surface area contributed by atoms with Gasteiger partial charge in [0.05, 0.1) is 25.6 Å². The summed E-state index contributed by atoms with van der Waals surface area (Å²) in [5, 5.41) is 10.3. The molecule has 1 heterocycles. The van der Waals surface area contributed by atoms with E-state index >= 15 is 0 Å². The number of ether oxygens (including phenoxy) is 2. The Morgan fingerprint density at radius 1 is 1.14 bits per heavy atom. The van der Waals surface area contributed by atoms with Crippen LogP contribution in [-0.4, -0.2) is 30.3 Å². The molecule has 2 aromatic carbocycles. The Kier molecular flexibility index (Phi) is 5.93. The number of carbonyl (C=O) groups is 1. The summed E-state index contributed by atoms with van der Waals surface area (Å²) >= 11 is 0.